The van der Waals surface area contributed by atoms with E-state index in [0.29, 0.717) is 23.2 Å². The number of oxazole rings is 1. The fourth-order valence-corrected chi connectivity index (χ4v) is 4.10. The van der Waals surface area contributed by atoms with Gasteiger partial charge in [-0.2, -0.15) is 0 Å². The van der Waals surface area contributed by atoms with Crippen molar-refractivity contribution in [3.05, 3.63) is 76.7 Å². The van der Waals surface area contributed by atoms with Crippen LogP contribution in [0.4, 0.5) is 0 Å². The number of imidazole rings is 1. The van der Waals surface area contributed by atoms with Gasteiger partial charge in [0.25, 0.3) is 0 Å². The van der Waals surface area contributed by atoms with Gasteiger partial charge in [0.15, 0.2) is 11.2 Å². The van der Waals surface area contributed by atoms with Gasteiger partial charge in [0.2, 0.25) is 5.89 Å². The van der Waals surface area contributed by atoms with Crippen LogP contribution in [0.15, 0.2) is 52.9 Å². The third kappa shape index (κ3) is 4.19. The number of nitrogens with zero attached hydrogens (tertiary/aromatic N) is 4. The number of carbonyl (C=O) groups is 1. The van der Waals surface area contributed by atoms with Crippen molar-refractivity contribution in [3.63, 3.8) is 0 Å². The van der Waals surface area contributed by atoms with E-state index in [9.17, 15) is 9.90 Å². The number of carbonyl (C=O) groups excluding carboxylic acids is 1. The summed E-state index contributed by atoms with van der Waals surface area (Å²) in [5, 5.41) is 11.5. The Balaban J connectivity index is 0.00000259. The van der Waals surface area contributed by atoms with Crippen LogP contribution in [-0.2, 0) is 13.0 Å². The third-order valence-electron chi connectivity index (χ3n) is 5.59. The van der Waals surface area contributed by atoms with Crippen LogP contribution >= 0.6 is 0 Å². The number of rotatable bonds is 5. The van der Waals surface area contributed by atoms with Gasteiger partial charge in [-0.15, -0.1) is 0 Å². The summed E-state index contributed by atoms with van der Waals surface area (Å²) >= 11 is 0. The fourth-order valence-electron chi connectivity index (χ4n) is 4.10. The summed E-state index contributed by atoms with van der Waals surface area (Å²) in [4.78, 5) is 25.5. The zero-order chi connectivity index (χ0) is 22.4. The van der Waals surface area contributed by atoms with E-state index in [1.165, 1.54) is 6.07 Å². The molecule has 3 heterocycles. The molecule has 0 bridgehead atoms. The largest absolute Gasteiger partial charge is 1.00 e. The Morgan fingerprint density at radius 2 is 1.85 bits per heavy atom. The number of aromatic carboxylic acids is 1. The molecule has 3 aromatic heterocycles. The van der Waals surface area contributed by atoms with Gasteiger partial charge in [-0.3, -0.25) is 0 Å². The molecule has 0 aliphatic rings. The topological polar surface area (TPSA) is 96.9 Å². The Kier molecular flexibility index (Phi) is 6.38. The molecule has 7 nitrogen and oxygen atoms in total. The van der Waals surface area contributed by atoms with E-state index >= 15 is 0 Å². The summed E-state index contributed by atoms with van der Waals surface area (Å²) in [7, 11) is 0. The van der Waals surface area contributed by atoms with Crippen molar-refractivity contribution in [2.45, 2.75) is 33.7 Å². The van der Waals surface area contributed by atoms with Crippen LogP contribution in [0.1, 0.15) is 39.9 Å². The molecular weight excluding hydrogens is 427 g/mol. The Hall–Kier alpha value is -3.00. The summed E-state index contributed by atoms with van der Waals surface area (Å²) in [5.41, 5.74) is 6.59. The minimum absolute atomic E-state index is 0. The first-order valence-corrected chi connectivity index (χ1v) is 10.5. The number of hydrogen-bond acceptors (Lipinski definition) is 6. The van der Waals surface area contributed by atoms with Gasteiger partial charge in [-0.1, -0.05) is 31.2 Å². The van der Waals surface area contributed by atoms with E-state index in [-0.39, 0.29) is 41.0 Å². The molecule has 33 heavy (non-hydrogen) atoms. The summed E-state index contributed by atoms with van der Waals surface area (Å²) in [6.45, 7) is 6.72. The first-order chi connectivity index (χ1) is 15.4. The van der Waals surface area contributed by atoms with Crippen LogP contribution in [-0.4, -0.2) is 25.5 Å². The Bertz CT molecular complexity index is 1500. The molecule has 0 aliphatic heterocycles. The molecule has 0 aliphatic carbocycles. The molecule has 0 saturated carbocycles. The predicted molar refractivity (Wildman–Crippen MR) is 119 cm³/mol. The minimum atomic E-state index is -1.26. The Morgan fingerprint density at radius 1 is 1.06 bits per heavy atom. The molecule has 0 fully saturated rings. The molecule has 2 aromatic carbocycles. The molecule has 0 unspecified atom stereocenters. The summed E-state index contributed by atoms with van der Waals surface area (Å²) < 4.78 is 8.08. The summed E-state index contributed by atoms with van der Waals surface area (Å²) in [6, 6.07) is 14.4. The van der Waals surface area contributed by atoms with Crippen molar-refractivity contribution >= 4 is 28.2 Å². The van der Waals surface area contributed by atoms with E-state index in [2.05, 4.69) is 23.4 Å². The third-order valence-corrected chi connectivity index (χ3v) is 5.59. The molecule has 5 rings (SSSR count). The van der Waals surface area contributed by atoms with Crippen molar-refractivity contribution in [1.29, 1.82) is 0 Å². The van der Waals surface area contributed by atoms with Gasteiger partial charge in [-0.25, -0.2) is 15.0 Å². The van der Waals surface area contributed by atoms with Gasteiger partial charge in [0.1, 0.15) is 16.9 Å². The van der Waals surface area contributed by atoms with Crippen LogP contribution in [0, 0.1) is 13.8 Å². The van der Waals surface area contributed by atoms with Crippen LogP contribution in [0.5, 0.6) is 0 Å². The van der Waals surface area contributed by atoms with E-state index in [1.54, 1.807) is 18.2 Å². The Labute approximate surface area is 212 Å². The molecule has 0 amide bonds. The van der Waals surface area contributed by atoms with Gasteiger partial charge in [0, 0.05) is 23.2 Å². The maximum atomic E-state index is 11.5. The van der Waals surface area contributed by atoms with E-state index in [4.69, 9.17) is 14.4 Å². The molecule has 0 radical (unpaired) electrons. The zero-order valence-corrected chi connectivity index (χ0v) is 21.0. The number of hydrogen-bond donors (Lipinski definition) is 0. The van der Waals surface area contributed by atoms with Gasteiger partial charge >= 0.3 is 29.6 Å². The number of fused-ring (bicyclic) bond motifs is 2. The zero-order valence-electron chi connectivity index (χ0n) is 19.0. The van der Waals surface area contributed by atoms with Crippen molar-refractivity contribution in [3.8, 4) is 11.5 Å². The van der Waals surface area contributed by atoms with E-state index in [0.717, 1.165) is 40.2 Å². The molecule has 160 valence electrons. The van der Waals surface area contributed by atoms with Crippen LogP contribution in [0.2, 0.25) is 0 Å². The monoisotopic (exact) mass is 448 g/mol. The maximum absolute atomic E-state index is 11.5. The molecule has 0 atom stereocenters. The van der Waals surface area contributed by atoms with Crippen molar-refractivity contribution in [2.75, 3.05) is 0 Å². The van der Waals surface area contributed by atoms with E-state index < -0.39 is 5.97 Å². The quantitative estimate of drug-likeness (QED) is 0.370. The standard InChI is InChI=1S/C25H22N4O3.Na/c1-4-21-28-22-14(2)11-15(3)26-23(22)29(21)13-16-9-10-19-20(12-16)32-24(27-19)17-7-5-6-8-18(17)25(30)31;/h5-12H,4,13H2,1-3H3,(H,30,31);/q;+1/p-1. The van der Waals surface area contributed by atoms with Crippen molar-refractivity contribution in [2.24, 2.45) is 0 Å². The fraction of sp³-hybridized carbons (Fsp3) is 0.200. The van der Waals surface area contributed by atoms with Gasteiger partial charge < -0.3 is 18.9 Å². The first-order valence-electron chi connectivity index (χ1n) is 10.5. The van der Waals surface area contributed by atoms with Gasteiger partial charge in [0.05, 0.1) is 12.5 Å². The normalized spacial score (nSPS) is 11.1. The molecular formula is C25H21N4NaO3. The van der Waals surface area contributed by atoms with Crippen LogP contribution < -0.4 is 34.7 Å². The second-order valence-electron chi connectivity index (χ2n) is 7.87. The SMILES string of the molecule is CCc1nc2c(C)cc(C)nc2n1Cc1ccc2nc(-c3ccccc3C(=O)[O-])oc2c1.[Na+]. The van der Waals surface area contributed by atoms with Crippen LogP contribution in [0.25, 0.3) is 33.7 Å². The molecule has 8 heteroatoms. The summed E-state index contributed by atoms with van der Waals surface area (Å²) in [6.07, 6.45) is 0.795. The smallest absolute Gasteiger partial charge is 0.545 e. The van der Waals surface area contributed by atoms with E-state index in [1.807, 2.05) is 31.2 Å². The second kappa shape index (κ2) is 9.09. The number of carboxylic acid groups (broad SMARTS) is 1. The van der Waals surface area contributed by atoms with Crippen molar-refractivity contribution in [1.82, 2.24) is 19.5 Å². The first kappa shape index (κ1) is 23.2. The number of carboxylic acids is 1. The molecule has 0 N–H and O–H groups in total. The van der Waals surface area contributed by atoms with Crippen LogP contribution in [0.3, 0.4) is 0 Å². The summed E-state index contributed by atoms with van der Waals surface area (Å²) in [5.74, 6) is -0.0321. The average molecular weight is 448 g/mol. The average Bonchev–Trinajstić information content (AvgIpc) is 3.35. The predicted octanol–water partition coefficient (Wildman–Crippen LogP) is 0.835. The number of pyridine rings is 1. The number of aryl methyl sites for hydroxylation is 3. The molecule has 0 spiro atoms. The maximum Gasteiger partial charge on any atom is 1.00 e. The minimum Gasteiger partial charge on any atom is -0.545 e. The second-order valence-corrected chi connectivity index (χ2v) is 7.87. The molecule has 0 saturated heterocycles. The van der Waals surface area contributed by atoms with Gasteiger partial charge in [-0.05, 0) is 49.2 Å². The van der Waals surface area contributed by atoms with Crippen molar-refractivity contribution < 1.29 is 43.9 Å². The number of aromatic nitrogens is 4. The Morgan fingerprint density at radius 3 is 2.61 bits per heavy atom. The molecule has 5 aromatic rings. The number of benzene rings is 2.